The van der Waals surface area contributed by atoms with Crippen molar-refractivity contribution in [2.45, 2.75) is 6.92 Å². The van der Waals surface area contributed by atoms with Crippen molar-refractivity contribution in [3.8, 4) is 5.75 Å². The lowest BCUT2D eigenvalue weighted by atomic mass is 10.2. The van der Waals surface area contributed by atoms with Crippen LogP contribution in [0.2, 0.25) is 5.02 Å². The van der Waals surface area contributed by atoms with Gasteiger partial charge in [-0.25, -0.2) is 4.98 Å². The van der Waals surface area contributed by atoms with Crippen LogP contribution in [0.5, 0.6) is 5.75 Å². The Morgan fingerprint density at radius 1 is 1.22 bits per heavy atom. The topological polar surface area (TPSA) is 46.9 Å². The fraction of sp³-hybridized carbons (Fsp3) is 0.300. The van der Waals surface area contributed by atoms with E-state index in [1.54, 1.807) is 17.0 Å². The van der Waals surface area contributed by atoms with E-state index in [0.717, 1.165) is 22.5 Å². The molecule has 1 amide bonds. The third-order valence-corrected chi connectivity index (χ3v) is 5.34. The number of aromatic nitrogens is 1. The van der Waals surface area contributed by atoms with Crippen LogP contribution in [0.1, 0.15) is 17.3 Å². The number of carbonyl (C=O) groups is 1. The number of fused-ring (bicyclic) bond motifs is 1. The molecule has 5 nitrogen and oxygen atoms in total. The maximum absolute atomic E-state index is 13.2. The highest BCUT2D eigenvalue weighted by Crippen LogP contribution is 2.31. The smallest absolute Gasteiger partial charge is 0.260 e. The number of benzene rings is 2. The highest BCUT2D eigenvalue weighted by molar-refractivity contribution is 7.22. The summed E-state index contributed by atoms with van der Waals surface area (Å²) in [4.78, 5) is 20.9. The number of amides is 1. The predicted octanol–water partition coefficient (Wildman–Crippen LogP) is 3.14. The van der Waals surface area contributed by atoms with Crippen LogP contribution in [0.4, 0.5) is 5.13 Å². The number of likely N-dealkylation sites (N-methyl/N-ethyl adjacent to an activating group) is 1. The number of anilines is 1. The van der Waals surface area contributed by atoms with Gasteiger partial charge < -0.3 is 9.64 Å². The first kappa shape index (κ1) is 19.6. The van der Waals surface area contributed by atoms with Crippen LogP contribution in [0, 0.1) is 0 Å². The standard InChI is InChI=1S/C20H22ClN3O2S/c1-4-26-16-8-5-14(6-9-16)19(25)24(12-11-23(2)3)20-22-17-10-7-15(21)13-18(17)27-20/h5-10,13H,4,11-12H2,1-3H3/p+1. The Bertz CT molecular complexity index is 925. The molecule has 0 saturated heterocycles. The average Bonchev–Trinajstić information content (AvgIpc) is 3.05. The number of halogens is 1. The third-order valence-electron chi connectivity index (χ3n) is 4.06. The summed E-state index contributed by atoms with van der Waals surface area (Å²) in [6.45, 7) is 3.93. The summed E-state index contributed by atoms with van der Waals surface area (Å²) in [6, 6.07) is 12.8. The van der Waals surface area contributed by atoms with Crippen LogP contribution >= 0.6 is 22.9 Å². The van der Waals surface area contributed by atoms with Crippen LogP contribution in [-0.2, 0) is 0 Å². The molecule has 0 saturated carbocycles. The van der Waals surface area contributed by atoms with Crippen molar-refractivity contribution in [1.82, 2.24) is 4.98 Å². The molecule has 1 N–H and O–H groups in total. The Morgan fingerprint density at radius 2 is 1.96 bits per heavy atom. The van der Waals surface area contributed by atoms with Gasteiger partial charge in [0, 0.05) is 10.6 Å². The van der Waals surface area contributed by atoms with Gasteiger partial charge in [-0.1, -0.05) is 22.9 Å². The SMILES string of the molecule is CCOc1ccc(C(=O)N(CC[NH+](C)C)c2nc3ccc(Cl)cc3s2)cc1. The number of carbonyl (C=O) groups excluding carboxylic acids is 1. The van der Waals surface area contributed by atoms with E-state index >= 15 is 0 Å². The molecule has 142 valence electrons. The van der Waals surface area contributed by atoms with Crippen molar-refractivity contribution in [3.05, 3.63) is 53.1 Å². The molecule has 0 aliphatic carbocycles. The van der Waals surface area contributed by atoms with Gasteiger partial charge in [-0.05, 0) is 49.4 Å². The summed E-state index contributed by atoms with van der Waals surface area (Å²) in [5.74, 6) is 0.692. The molecule has 0 radical (unpaired) electrons. The second kappa shape index (κ2) is 8.69. The number of nitrogens with one attached hydrogen (secondary N) is 1. The largest absolute Gasteiger partial charge is 0.494 e. The Morgan fingerprint density at radius 3 is 2.63 bits per heavy atom. The van der Waals surface area contributed by atoms with Crippen molar-refractivity contribution in [2.75, 3.05) is 38.7 Å². The molecule has 0 bridgehead atoms. The zero-order valence-corrected chi connectivity index (χ0v) is 17.2. The number of thiazole rings is 1. The molecule has 3 aromatic rings. The second-order valence-electron chi connectivity index (χ2n) is 6.48. The lowest BCUT2D eigenvalue weighted by Crippen LogP contribution is -3.06. The number of hydrogen-bond acceptors (Lipinski definition) is 4. The molecule has 0 aliphatic heterocycles. The molecule has 27 heavy (non-hydrogen) atoms. The van der Waals surface area contributed by atoms with Gasteiger partial charge in [-0.2, -0.15) is 0 Å². The van der Waals surface area contributed by atoms with Gasteiger partial charge in [0.25, 0.3) is 5.91 Å². The van der Waals surface area contributed by atoms with Gasteiger partial charge in [0.2, 0.25) is 0 Å². The van der Waals surface area contributed by atoms with E-state index in [1.165, 1.54) is 16.2 Å². The Balaban J connectivity index is 1.92. The van der Waals surface area contributed by atoms with Gasteiger partial charge >= 0.3 is 0 Å². The summed E-state index contributed by atoms with van der Waals surface area (Å²) in [7, 11) is 4.13. The van der Waals surface area contributed by atoms with Crippen LogP contribution in [0.3, 0.4) is 0 Å². The molecular weight excluding hydrogens is 382 g/mol. The number of hydrogen-bond donors (Lipinski definition) is 1. The molecule has 0 aliphatic rings. The van der Waals surface area contributed by atoms with Crippen molar-refractivity contribution in [2.24, 2.45) is 0 Å². The van der Waals surface area contributed by atoms with E-state index in [0.29, 0.717) is 28.9 Å². The van der Waals surface area contributed by atoms with Crippen LogP contribution in [-0.4, -0.2) is 44.7 Å². The van der Waals surface area contributed by atoms with Gasteiger partial charge in [0.15, 0.2) is 5.13 Å². The number of ether oxygens (including phenoxy) is 1. The highest BCUT2D eigenvalue weighted by Gasteiger charge is 2.22. The van der Waals surface area contributed by atoms with E-state index in [2.05, 4.69) is 19.1 Å². The van der Waals surface area contributed by atoms with E-state index in [9.17, 15) is 4.79 Å². The first-order valence-electron chi connectivity index (χ1n) is 8.87. The maximum Gasteiger partial charge on any atom is 0.260 e. The summed E-state index contributed by atoms with van der Waals surface area (Å²) in [5.41, 5.74) is 1.46. The summed E-state index contributed by atoms with van der Waals surface area (Å²) in [5, 5.41) is 1.35. The minimum absolute atomic E-state index is 0.0653. The number of rotatable bonds is 7. The molecule has 3 rings (SSSR count). The number of nitrogens with zero attached hydrogens (tertiary/aromatic N) is 2. The predicted molar refractivity (Wildman–Crippen MR) is 112 cm³/mol. The normalized spacial score (nSPS) is 11.1. The molecular formula is C20H23ClN3O2S+. The minimum Gasteiger partial charge on any atom is -0.494 e. The number of quaternary nitrogens is 1. The third kappa shape index (κ3) is 4.77. The highest BCUT2D eigenvalue weighted by atomic mass is 35.5. The molecule has 7 heteroatoms. The lowest BCUT2D eigenvalue weighted by Gasteiger charge is -2.20. The van der Waals surface area contributed by atoms with Gasteiger partial charge in [-0.15, -0.1) is 0 Å². The van der Waals surface area contributed by atoms with E-state index in [-0.39, 0.29) is 5.91 Å². The first-order chi connectivity index (χ1) is 13.0. The molecule has 0 spiro atoms. The molecule has 1 heterocycles. The molecule has 2 aromatic carbocycles. The van der Waals surface area contributed by atoms with E-state index in [4.69, 9.17) is 16.3 Å². The van der Waals surface area contributed by atoms with Crippen molar-refractivity contribution in [3.63, 3.8) is 0 Å². The maximum atomic E-state index is 13.2. The second-order valence-corrected chi connectivity index (χ2v) is 7.93. The summed E-state index contributed by atoms with van der Waals surface area (Å²) < 4.78 is 6.44. The zero-order chi connectivity index (χ0) is 19.4. The molecule has 1 aromatic heterocycles. The van der Waals surface area contributed by atoms with E-state index in [1.807, 2.05) is 37.3 Å². The molecule has 0 atom stereocenters. The summed E-state index contributed by atoms with van der Waals surface area (Å²) in [6.07, 6.45) is 0. The fourth-order valence-electron chi connectivity index (χ4n) is 2.64. The minimum atomic E-state index is -0.0653. The van der Waals surface area contributed by atoms with Gasteiger partial charge in [-0.3, -0.25) is 9.69 Å². The Kier molecular flexibility index (Phi) is 6.31. The van der Waals surface area contributed by atoms with E-state index < -0.39 is 0 Å². The lowest BCUT2D eigenvalue weighted by molar-refractivity contribution is -0.856. The van der Waals surface area contributed by atoms with Gasteiger partial charge in [0.1, 0.15) is 5.75 Å². The average molecular weight is 405 g/mol. The fourth-order valence-corrected chi connectivity index (χ4v) is 3.90. The van der Waals surface area contributed by atoms with Crippen molar-refractivity contribution >= 4 is 44.2 Å². The van der Waals surface area contributed by atoms with Crippen molar-refractivity contribution in [1.29, 1.82) is 0 Å². The molecule has 0 fully saturated rings. The Labute approximate surface area is 168 Å². The Hall–Kier alpha value is -2.15. The monoisotopic (exact) mass is 404 g/mol. The molecule has 0 unspecified atom stereocenters. The van der Waals surface area contributed by atoms with Crippen molar-refractivity contribution < 1.29 is 14.4 Å². The summed E-state index contributed by atoms with van der Waals surface area (Å²) >= 11 is 7.57. The quantitative estimate of drug-likeness (QED) is 0.658. The van der Waals surface area contributed by atoms with Crippen LogP contribution in [0.25, 0.3) is 10.2 Å². The zero-order valence-electron chi connectivity index (χ0n) is 15.7. The van der Waals surface area contributed by atoms with Crippen LogP contribution < -0.4 is 14.5 Å². The van der Waals surface area contributed by atoms with Crippen LogP contribution in [0.15, 0.2) is 42.5 Å². The first-order valence-corrected chi connectivity index (χ1v) is 10.1. The van der Waals surface area contributed by atoms with Gasteiger partial charge in [0.05, 0.1) is 44.0 Å².